The summed E-state index contributed by atoms with van der Waals surface area (Å²) in [5.41, 5.74) is 6.39. The average molecular weight is 229 g/mol. The normalized spacial score (nSPS) is 12.5. The van der Waals surface area contributed by atoms with Crippen LogP contribution in [0, 0.1) is 5.82 Å². The van der Waals surface area contributed by atoms with Crippen LogP contribution in [-0.2, 0) is 6.42 Å². The number of ether oxygens (including phenoxy) is 1. The highest BCUT2D eigenvalue weighted by Crippen LogP contribution is 2.21. The van der Waals surface area contributed by atoms with Gasteiger partial charge in [0.1, 0.15) is 11.6 Å². The summed E-state index contributed by atoms with van der Waals surface area (Å²) in [5, 5.41) is 0. The molecule has 0 saturated heterocycles. The van der Waals surface area contributed by atoms with Crippen molar-refractivity contribution in [1.82, 2.24) is 0 Å². The fourth-order valence-electron chi connectivity index (χ4n) is 1.43. The van der Waals surface area contributed by atoms with Gasteiger partial charge in [-0.15, -0.1) is 0 Å². The van der Waals surface area contributed by atoms with Gasteiger partial charge in [-0.1, -0.05) is 0 Å². The van der Waals surface area contributed by atoms with E-state index >= 15 is 0 Å². The van der Waals surface area contributed by atoms with E-state index < -0.39 is 6.67 Å². The van der Waals surface area contributed by atoms with Gasteiger partial charge in [-0.05, 0) is 37.1 Å². The second kappa shape index (κ2) is 6.43. The molecule has 90 valence electrons. The summed E-state index contributed by atoms with van der Waals surface area (Å²) in [4.78, 5) is 0. The van der Waals surface area contributed by atoms with Gasteiger partial charge in [0, 0.05) is 12.5 Å². The first-order valence-electron chi connectivity index (χ1n) is 5.36. The van der Waals surface area contributed by atoms with E-state index in [0.29, 0.717) is 25.2 Å². The molecule has 0 bridgehead atoms. The molecule has 0 amide bonds. The number of benzene rings is 1. The highest BCUT2D eigenvalue weighted by molar-refractivity contribution is 5.34. The SMILES string of the molecule is CC(N)Cc1cc(F)ccc1OCCCF. The zero-order valence-electron chi connectivity index (χ0n) is 9.38. The maximum Gasteiger partial charge on any atom is 0.123 e. The number of rotatable bonds is 6. The van der Waals surface area contributed by atoms with Crippen molar-refractivity contribution in [2.24, 2.45) is 5.73 Å². The highest BCUT2D eigenvalue weighted by Gasteiger charge is 2.07. The van der Waals surface area contributed by atoms with Crippen LogP contribution in [0.5, 0.6) is 5.75 Å². The first kappa shape index (κ1) is 12.9. The van der Waals surface area contributed by atoms with Crippen LogP contribution >= 0.6 is 0 Å². The Kier molecular flexibility index (Phi) is 5.19. The van der Waals surface area contributed by atoms with Crippen LogP contribution in [0.4, 0.5) is 8.78 Å². The van der Waals surface area contributed by atoms with Crippen molar-refractivity contribution in [3.05, 3.63) is 29.6 Å². The number of halogens is 2. The van der Waals surface area contributed by atoms with Gasteiger partial charge in [-0.2, -0.15) is 0 Å². The van der Waals surface area contributed by atoms with E-state index in [9.17, 15) is 8.78 Å². The third-order valence-corrected chi connectivity index (χ3v) is 2.10. The van der Waals surface area contributed by atoms with Crippen molar-refractivity contribution in [3.63, 3.8) is 0 Å². The minimum absolute atomic E-state index is 0.0645. The lowest BCUT2D eigenvalue weighted by molar-refractivity contribution is 0.286. The van der Waals surface area contributed by atoms with Crippen LogP contribution in [0.3, 0.4) is 0 Å². The van der Waals surface area contributed by atoms with Crippen LogP contribution < -0.4 is 10.5 Å². The van der Waals surface area contributed by atoms with E-state index in [0.717, 1.165) is 5.56 Å². The molecule has 0 aliphatic rings. The molecule has 0 aliphatic heterocycles. The molecule has 0 radical (unpaired) electrons. The van der Waals surface area contributed by atoms with Gasteiger partial charge in [-0.25, -0.2) is 4.39 Å². The van der Waals surface area contributed by atoms with Gasteiger partial charge in [-0.3, -0.25) is 4.39 Å². The fourth-order valence-corrected chi connectivity index (χ4v) is 1.43. The Morgan fingerprint density at radius 3 is 2.81 bits per heavy atom. The molecule has 2 N–H and O–H groups in total. The molecule has 1 aromatic carbocycles. The lowest BCUT2D eigenvalue weighted by Crippen LogP contribution is -2.18. The van der Waals surface area contributed by atoms with E-state index in [-0.39, 0.29) is 11.9 Å². The van der Waals surface area contributed by atoms with Crippen LogP contribution in [0.25, 0.3) is 0 Å². The van der Waals surface area contributed by atoms with Crippen molar-refractivity contribution in [2.45, 2.75) is 25.8 Å². The topological polar surface area (TPSA) is 35.2 Å². The van der Waals surface area contributed by atoms with E-state index in [1.165, 1.54) is 12.1 Å². The van der Waals surface area contributed by atoms with Crippen molar-refractivity contribution >= 4 is 0 Å². The summed E-state index contributed by atoms with van der Waals surface area (Å²) in [6.45, 7) is 1.73. The predicted octanol–water partition coefficient (Wildman–Crippen LogP) is 2.45. The van der Waals surface area contributed by atoms with Crippen LogP contribution in [0.15, 0.2) is 18.2 Å². The third-order valence-electron chi connectivity index (χ3n) is 2.10. The van der Waals surface area contributed by atoms with Crippen molar-refractivity contribution in [1.29, 1.82) is 0 Å². The molecule has 1 rings (SSSR count). The minimum Gasteiger partial charge on any atom is -0.493 e. The van der Waals surface area contributed by atoms with Crippen LogP contribution in [0.1, 0.15) is 18.9 Å². The van der Waals surface area contributed by atoms with E-state index in [2.05, 4.69) is 0 Å². The Morgan fingerprint density at radius 2 is 2.19 bits per heavy atom. The summed E-state index contributed by atoms with van der Waals surface area (Å²) < 4.78 is 30.3. The Hall–Kier alpha value is -1.16. The molecule has 0 heterocycles. The van der Waals surface area contributed by atoms with Crippen LogP contribution in [-0.4, -0.2) is 19.3 Å². The molecule has 4 heteroatoms. The fraction of sp³-hybridized carbons (Fsp3) is 0.500. The zero-order valence-corrected chi connectivity index (χ0v) is 9.38. The number of alkyl halides is 1. The standard InChI is InChI=1S/C12H17F2NO/c1-9(15)7-10-8-11(14)3-4-12(10)16-6-2-5-13/h3-4,8-9H,2,5-7,15H2,1H3. The largest absolute Gasteiger partial charge is 0.493 e. The summed E-state index contributed by atoms with van der Waals surface area (Å²) in [7, 11) is 0. The maximum atomic E-state index is 13.0. The molecule has 0 fully saturated rings. The van der Waals surface area contributed by atoms with Crippen molar-refractivity contribution < 1.29 is 13.5 Å². The highest BCUT2D eigenvalue weighted by atomic mass is 19.1. The van der Waals surface area contributed by atoms with Gasteiger partial charge >= 0.3 is 0 Å². The van der Waals surface area contributed by atoms with Gasteiger partial charge in [0.25, 0.3) is 0 Å². The van der Waals surface area contributed by atoms with Gasteiger partial charge in [0.05, 0.1) is 13.3 Å². The molecular formula is C12H17F2NO. The number of hydrogen-bond donors (Lipinski definition) is 1. The molecule has 16 heavy (non-hydrogen) atoms. The average Bonchev–Trinajstić information content (AvgIpc) is 2.20. The first-order valence-corrected chi connectivity index (χ1v) is 5.36. The maximum absolute atomic E-state index is 13.0. The summed E-state index contributed by atoms with van der Waals surface area (Å²) in [5.74, 6) is 0.278. The Bertz CT molecular complexity index is 329. The molecule has 2 nitrogen and oxygen atoms in total. The quantitative estimate of drug-likeness (QED) is 0.760. The summed E-state index contributed by atoms with van der Waals surface area (Å²) >= 11 is 0. The first-order chi connectivity index (χ1) is 7.63. The molecule has 0 saturated carbocycles. The van der Waals surface area contributed by atoms with Gasteiger partial charge in [0.2, 0.25) is 0 Å². The lowest BCUT2D eigenvalue weighted by Gasteiger charge is -2.12. The number of hydrogen-bond acceptors (Lipinski definition) is 2. The lowest BCUT2D eigenvalue weighted by atomic mass is 10.1. The Morgan fingerprint density at radius 1 is 1.44 bits per heavy atom. The van der Waals surface area contributed by atoms with Crippen molar-refractivity contribution in [3.8, 4) is 5.75 Å². The smallest absolute Gasteiger partial charge is 0.123 e. The van der Waals surface area contributed by atoms with Gasteiger partial charge < -0.3 is 10.5 Å². The Labute approximate surface area is 94.4 Å². The number of nitrogens with two attached hydrogens (primary N) is 1. The van der Waals surface area contributed by atoms with E-state index in [1.54, 1.807) is 6.07 Å². The third kappa shape index (κ3) is 4.14. The molecular weight excluding hydrogens is 212 g/mol. The summed E-state index contributed by atoms with van der Waals surface area (Å²) in [6.07, 6.45) is 0.887. The van der Waals surface area contributed by atoms with Gasteiger partial charge in [0.15, 0.2) is 0 Å². The molecule has 0 aliphatic carbocycles. The summed E-state index contributed by atoms with van der Waals surface area (Å²) in [6, 6.07) is 4.24. The van der Waals surface area contributed by atoms with Crippen molar-refractivity contribution in [2.75, 3.05) is 13.3 Å². The molecule has 1 aromatic rings. The Balaban J connectivity index is 2.72. The van der Waals surface area contributed by atoms with Crippen LogP contribution in [0.2, 0.25) is 0 Å². The molecule has 1 atom stereocenters. The molecule has 1 unspecified atom stereocenters. The monoisotopic (exact) mass is 229 g/mol. The molecule has 0 aromatic heterocycles. The zero-order chi connectivity index (χ0) is 12.0. The predicted molar refractivity (Wildman–Crippen MR) is 59.8 cm³/mol. The van der Waals surface area contributed by atoms with E-state index in [4.69, 9.17) is 10.5 Å². The minimum atomic E-state index is -0.413. The molecule has 0 spiro atoms. The second-order valence-corrected chi connectivity index (χ2v) is 3.82. The van der Waals surface area contributed by atoms with E-state index in [1.807, 2.05) is 6.92 Å². The second-order valence-electron chi connectivity index (χ2n) is 3.82.